The van der Waals surface area contributed by atoms with E-state index in [2.05, 4.69) is 4.72 Å². The Morgan fingerprint density at radius 2 is 1.84 bits per heavy atom. The zero-order valence-corrected chi connectivity index (χ0v) is 14.5. The van der Waals surface area contributed by atoms with Crippen molar-refractivity contribution in [2.45, 2.75) is 36.4 Å². The first kappa shape index (κ1) is 18.2. The van der Waals surface area contributed by atoms with E-state index in [9.17, 15) is 21.6 Å². The lowest BCUT2D eigenvalue weighted by Gasteiger charge is -2.26. The minimum Gasteiger partial charge on any atom is -0.207 e. The summed E-state index contributed by atoms with van der Waals surface area (Å²) in [6, 6.07) is 9.23. The summed E-state index contributed by atoms with van der Waals surface area (Å²) in [4.78, 5) is -0.563. The number of benzene rings is 2. The summed E-state index contributed by atoms with van der Waals surface area (Å²) in [5.41, 5.74) is 0.832. The molecule has 1 N–H and O–H groups in total. The minimum atomic E-state index is -4.65. The second-order valence-corrected chi connectivity index (χ2v) is 8.00. The third-order valence-electron chi connectivity index (χ3n) is 4.21. The van der Waals surface area contributed by atoms with Crippen LogP contribution in [-0.2, 0) is 22.6 Å². The molecule has 3 nitrogen and oxygen atoms in total. The van der Waals surface area contributed by atoms with Crippen molar-refractivity contribution < 1.29 is 21.6 Å². The van der Waals surface area contributed by atoms with Gasteiger partial charge in [0.2, 0.25) is 10.0 Å². The quantitative estimate of drug-likeness (QED) is 0.826. The maximum absolute atomic E-state index is 12.9. The van der Waals surface area contributed by atoms with Gasteiger partial charge >= 0.3 is 6.18 Å². The molecular weight excluding hydrogens is 375 g/mol. The van der Waals surface area contributed by atoms with E-state index < -0.39 is 32.7 Å². The number of nitrogens with one attached hydrogen (secondary N) is 1. The van der Waals surface area contributed by atoms with Gasteiger partial charge in [-0.1, -0.05) is 35.9 Å². The molecule has 1 atom stereocenters. The average Bonchev–Trinajstić information content (AvgIpc) is 2.54. The van der Waals surface area contributed by atoms with Crippen LogP contribution in [0.5, 0.6) is 0 Å². The molecule has 0 saturated heterocycles. The molecule has 2 aromatic rings. The van der Waals surface area contributed by atoms with Crippen molar-refractivity contribution >= 4 is 21.6 Å². The molecule has 25 heavy (non-hydrogen) atoms. The lowest BCUT2D eigenvalue weighted by molar-refractivity contribution is -0.137. The molecule has 0 heterocycles. The molecule has 0 aromatic heterocycles. The molecule has 1 aliphatic carbocycles. The number of rotatable bonds is 3. The van der Waals surface area contributed by atoms with E-state index in [1.807, 2.05) is 24.3 Å². The summed E-state index contributed by atoms with van der Waals surface area (Å²) in [5.74, 6) is 0. The van der Waals surface area contributed by atoms with Gasteiger partial charge in [0.15, 0.2) is 0 Å². The third-order valence-corrected chi connectivity index (χ3v) is 6.17. The zero-order chi connectivity index (χ0) is 18.2. The van der Waals surface area contributed by atoms with Crippen LogP contribution in [0.4, 0.5) is 13.2 Å². The Morgan fingerprint density at radius 1 is 1.12 bits per heavy atom. The molecule has 0 radical (unpaired) electrons. The summed E-state index contributed by atoms with van der Waals surface area (Å²) in [6.07, 6.45) is -2.43. The van der Waals surface area contributed by atoms with Crippen LogP contribution in [0.1, 0.15) is 35.6 Å². The van der Waals surface area contributed by atoms with Gasteiger partial charge < -0.3 is 0 Å². The fourth-order valence-electron chi connectivity index (χ4n) is 3.01. The Morgan fingerprint density at radius 3 is 2.56 bits per heavy atom. The molecule has 0 aliphatic heterocycles. The number of alkyl halides is 3. The van der Waals surface area contributed by atoms with Gasteiger partial charge in [-0.15, -0.1) is 0 Å². The number of sulfonamides is 1. The lowest BCUT2D eigenvalue weighted by atomic mass is 9.88. The van der Waals surface area contributed by atoms with Gasteiger partial charge in [0, 0.05) is 6.04 Å². The monoisotopic (exact) mass is 389 g/mol. The molecular formula is C17H15ClF3NO2S. The van der Waals surface area contributed by atoms with Crippen molar-refractivity contribution in [2.24, 2.45) is 0 Å². The van der Waals surface area contributed by atoms with E-state index in [-0.39, 0.29) is 5.02 Å². The SMILES string of the molecule is O=S(=O)(NC1CCCc2ccccc21)c1cc(C(F)(F)F)ccc1Cl. The van der Waals surface area contributed by atoms with Gasteiger partial charge in [-0.25, -0.2) is 13.1 Å². The van der Waals surface area contributed by atoms with E-state index in [0.29, 0.717) is 12.5 Å². The Balaban J connectivity index is 1.96. The fourth-order valence-corrected chi connectivity index (χ4v) is 4.79. The Hall–Kier alpha value is -1.57. The maximum atomic E-state index is 12.9. The zero-order valence-electron chi connectivity index (χ0n) is 13.0. The maximum Gasteiger partial charge on any atom is 0.416 e. The van der Waals surface area contributed by atoms with E-state index in [1.54, 1.807) is 0 Å². The molecule has 0 spiro atoms. The van der Waals surface area contributed by atoms with Crippen LogP contribution in [0.2, 0.25) is 5.02 Å². The lowest BCUT2D eigenvalue weighted by Crippen LogP contribution is -2.31. The van der Waals surface area contributed by atoms with Crippen LogP contribution in [0.15, 0.2) is 47.4 Å². The van der Waals surface area contributed by atoms with E-state index in [4.69, 9.17) is 11.6 Å². The van der Waals surface area contributed by atoms with Gasteiger partial charge in [0.25, 0.3) is 0 Å². The van der Waals surface area contributed by atoms with Crippen LogP contribution >= 0.6 is 11.6 Å². The van der Waals surface area contributed by atoms with Gasteiger partial charge in [0.05, 0.1) is 10.6 Å². The largest absolute Gasteiger partial charge is 0.416 e. The van der Waals surface area contributed by atoms with Gasteiger partial charge in [-0.3, -0.25) is 0 Å². The summed E-state index contributed by atoms with van der Waals surface area (Å²) in [6.45, 7) is 0. The van der Waals surface area contributed by atoms with Crippen molar-refractivity contribution in [3.63, 3.8) is 0 Å². The summed E-state index contributed by atoms with van der Waals surface area (Å²) in [5, 5.41) is -0.246. The third kappa shape index (κ3) is 3.83. The van der Waals surface area contributed by atoms with E-state index in [0.717, 1.165) is 36.1 Å². The smallest absolute Gasteiger partial charge is 0.207 e. The van der Waals surface area contributed by atoms with Crippen LogP contribution in [-0.4, -0.2) is 8.42 Å². The van der Waals surface area contributed by atoms with Gasteiger partial charge in [0.1, 0.15) is 4.90 Å². The molecule has 0 amide bonds. The second-order valence-electron chi connectivity index (χ2n) is 5.91. The van der Waals surface area contributed by atoms with E-state index >= 15 is 0 Å². The molecule has 0 fully saturated rings. The summed E-state index contributed by atoms with van der Waals surface area (Å²) in [7, 11) is -4.20. The van der Waals surface area contributed by atoms with Crippen LogP contribution < -0.4 is 4.72 Å². The first-order valence-corrected chi connectivity index (χ1v) is 9.51. The molecule has 0 saturated carbocycles. The number of hydrogen-bond donors (Lipinski definition) is 1. The molecule has 134 valence electrons. The highest BCUT2D eigenvalue weighted by atomic mass is 35.5. The Labute approximate surface area is 148 Å². The van der Waals surface area contributed by atoms with E-state index in [1.165, 1.54) is 0 Å². The van der Waals surface area contributed by atoms with Crippen LogP contribution in [0.3, 0.4) is 0 Å². The highest BCUT2D eigenvalue weighted by molar-refractivity contribution is 7.89. The predicted octanol–water partition coefficient (Wildman–Crippen LogP) is 4.71. The van der Waals surface area contributed by atoms with Crippen molar-refractivity contribution in [3.05, 3.63) is 64.2 Å². The average molecular weight is 390 g/mol. The van der Waals surface area contributed by atoms with Crippen molar-refractivity contribution in [3.8, 4) is 0 Å². The molecule has 0 bridgehead atoms. The van der Waals surface area contributed by atoms with Crippen LogP contribution in [0.25, 0.3) is 0 Å². The predicted molar refractivity (Wildman–Crippen MR) is 88.9 cm³/mol. The summed E-state index contributed by atoms with van der Waals surface area (Å²) >= 11 is 5.86. The molecule has 3 rings (SSSR count). The topological polar surface area (TPSA) is 46.2 Å². The molecule has 1 unspecified atom stereocenters. The second kappa shape index (κ2) is 6.63. The molecule has 8 heteroatoms. The number of hydrogen-bond acceptors (Lipinski definition) is 2. The Kier molecular flexibility index (Phi) is 4.83. The van der Waals surface area contributed by atoms with Crippen LogP contribution in [0, 0.1) is 0 Å². The summed E-state index contributed by atoms with van der Waals surface area (Å²) < 4.78 is 66.5. The normalized spacial score (nSPS) is 18.0. The highest BCUT2D eigenvalue weighted by Crippen LogP contribution is 2.35. The number of halogens is 4. The number of aryl methyl sites for hydroxylation is 1. The first-order chi connectivity index (χ1) is 11.7. The van der Waals surface area contributed by atoms with Gasteiger partial charge in [-0.2, -0.15) is 13.2 Å². The van der Waals surface area contributed by atoms with Crippen molar-refractivity contribution in [1.82, 2.24) is 4.72 Å². The van der Waals surface area contributed by atoms with Crippen molar-refractivity contribution in [2.75, 3.05) is 0 Å². The standard InChI is InChI=1S/C17H15ClF3NO2S/c18-14-9-8-12(17(19,20)21)10-16(14)25(23,24)22-15-7-3-5-11-4-1-2-6-13(11)15/h1-2,4,6,8-10,15,22H,3,5,7H2. The van der Waals surface area contributed by atoms with Gasteiger partial charge in [-0.05, 0) is 48.6 Å². The Bertz CT molecular complexity index is 897. The van der Waals surface area contributed by atoms with Crippen molar-refractivity contribution in [1.29, 1.82) is 0 Å². The molecule has 2 aromatic carbocycles. The minimum absolute atomic E-state index is 0.246. The molecule has 1 aliphatic rings. The fraction of sp³-hybridized carbons (Fsp3) is 0.294. The highest BCUT2D eigenvalue weighted by Gasteiger charge is 2.33. The first-order valence-electron chi connectivity index (χ1n) is 7.65. The number of fused-ring (bicyclic) bond motifs is 1.